The summed E-state index contributed by atoms with van der Waals surface area (Å²) in [5, 5.41) is 11.0. The summed E-state index contributed by atoms with van der Waals surface area (Å²) in [6, 6.07) is 6.56. The number of hydrogen-bond donors (Lipinski definition) is 1. The van der Waals surface area contributed by atoms with Gasteiger partial charge in [-0.05, 0) is 5.39 Å². The molecule has 0 bridgehead atoms. The highest BCUT2D eigenvalue weighted by Crippen LogP contribution is 2.25. The van der Waals surface area contributed by atoms with Gasteiger partial charge >= 0.3 is 5.97 Å². The second-order valence-corrected chi connectivity index (χ2v) is 5.31. The Morgan fingerprint density at radius 2 is 2.09 bits per heavy atom. The molecule has 2 heterocycles. The number of fused-ring (bicyclic) bond motifs is 1. The van der Waals surface area contributed by atoms with Crippen molar-refractivity contribution < 1.29 is 19.4 Å². The van der Waals surface area contributed by atoms with Crippen molar-refractivity contribution in [1.29, 1.82) is 0 Å². The van der Waals surface area contributed by atoms with Crippen molar-refractivity contribution in [2.24, 2.45) is 0 Å². The minimum atomic E-state index is -1.01. The first-order chi connectivity index (χ1) is 10.6. The number of aromatic nitrogens is 1. The van der Waals surface area contributed by atoms with Gasteiger partial charge in [-0.2, -0.15) is 0 Å². The van der Waals surface area contributed by atoms with Gasteiger partial charge in [0.05, 0.1) is 11.7 Å². The van der Waals surface area contributed by atoms with Gasteiger partial charge in [0, 0.05) is 37.9 Å². The van der Waals surface area contributed by atoms with Crippen molar-refractivity contribution in [1.82, 2.24) is 9.88 Å². The molecule has 0 aliphatic carbocycles. The maximum atomic E-state index is 12.8. The molecular weight excluding hydrogens is 284 g/mol. The summed E-state index contributed by atoms with van der Waals surface area (Å²) in [5.41, 5.74) is 0.418. The molecule has 1 saturated heterocycles. The number of carbonyl (C=O) groups is 2. The zero-order valence-corrected chi connectivity index (χ0v) is 12.1. The van der Waals surface area contributed by atoms with Crippen molar-refractivity contribution in [2.45, 2.75) is 18.6 Å². The number of hydrogen-bond acceptors (Lipinski definition) is 4. The van der Waals surface area contributed by atoms with Crippen LogP contribution >= 0.6 is 0 Å². The lowest BCUT2D eigenvalue weighted by molar-refractivity contribution is -0.141. The van der Waals surface area contributed by atoms with Crippen LogP contribution in [0.1, 0.15) is 16.8 Å². The molecule has 1 aliphatic rings. The van der Waals surface area contributed by atoms with Crippen molar-refractivity contribution in [2.75, 3.05) is 13.7 Å². The lowest BCUT2D eigenvalue weighted by atomic mass is 10.1. The van der Waals surface area contributed by atoms with E-state index in [-0.39, 0.29) is 18.6 Å². The number of pyridine rings is 1. The molecule has 0 radical (unpaired) electrons. The average molecular weight is 300 g/mol. The van der Waals surface area contributed by atoms with Gasteiger partial charge in [-0.3, -0.25) is 9.78 Å². The third kappa shape index (κ3) is 2.42. The monoisotopic (exact) mass is 300 g/mol. The first-order valence-corrected chi connectivity index (χ1v) is 7.01. The quantitative estimate of drug-likeness (QED) is 0.930. The SMILES string of the molecule is COC1CC(C(=O)O)N(C(=O)c2cncc3ccccc23)C1. The molecule has 0 spiro atoms. The Balaban J connectivity index is 2.00. The maximum absolute atomic E-state index is 12.8. The Morgan fingerprint density at radius 1 is 1.32 bits per heavy atom. The van der Waals surface area contributed by atoms with E-state index in [2.05, 4.69) is 4.98 Å². The predicted octanol–water partition coefficient (Wildman–Crippen LogP) is 1.55. The largest absolute Gasteiger partial charge is 0.480 e. The number of likely N-dealkylation sites (tertiary alicyclic amines) is 1. The van der Waals surface area contributed by atoms with Crippen molar-refractivity contribution >= 4 is 22.6 Å². The van der Waals surface area contributed by atoms with Crippen LogP contribution in [0.3, 0.4) is 0 Å². The number of methoxy groups -OCH3 is 1. The van der Waals surface area contributed by atoms with Crippen LogP contribution in [-0.2, 0) is 9.53 Å². The molecule has 22 heavy (non-hydrogen) atoms. The van der Waals surface area contributed by atoms with Gasteiger partial charge in [0.25, 0.3) is 5.91 Å². The number of ether oxygens (including phenoxy) is 1. The van der Waals surface area contributed by atoms with Crippen LogP contribution in [0.5, 0.6) is 0 Å². The fourth-order valence-corrected chi connectivity index (χ4v) is 2.87. The van der Waals surface area contributed by atoms with E-state index in [1.165, 1.54) is 18.2 Å². The summed E-state index contributed by atoms with van der Waals surface area (Å²) in [7, 11) is 1.52. The second kappa shape index (κ2) is 5.73. The molecule has 1 aromatic carbocycles. The Labute approximate surface area is 127 Å². The van der Waals surface area contributed by atoms with Gasteiger partial charge in [0.15, 0.2) is 0 Å². The number of nitrogens with zero attached hydrogens (tertiary/aromatic N) is 2. The molecule has 1 aliphatic heterocycles. The molecule has 1 fully saturated rings. The van der Waals surface area contributed by atoms with E-state index in [0.717, 1.165) is 10.8 Å². The van der Waals surface area contributed by atoms with E-state index in [1.807, 2.05) is 24.3 Å². The summed E-state index contributed by atoms with van der Waals surface area (Å²) in [4.78, 5) is 29.7. The first kappa shape index (κ1) is 14.5. The average Bonchev–Trinajstić information content (AvgIpc) is 2.98. The topological polar surface area (TPSA) is 79.7 Å². The highest BCUT2D eigenvalue weighted by molar-refractivity contribution is 6.07. The number of carbonyl (C=O) groups excluding carboxylic acids is 1. The second-order valence-electron chi connectivity index (χ2n) is 5.31. The fourth-order valence-electron chi connectivity index (χ4n) is 2.87. The number of carboxylic acid groups (broad SMARTS) is 1. The molecule has 0 saturated carbocycles. The number of benzene rings is 1. The van der Waals surface area contributed by atoms with Crippen LogP contribution in [-0.4, -0.2) is 52.7 Å². The van der Waals surface area contributed by atoms with Crippen LogP contribution in [0.25, 0.3) is 10.8 Å². The zero-order valence-electron chi connectivity index (χ0n) is 12.1. The van der Waals surface area contributed by atoms with E-state index in [1.54, 1.807) is 6.20 Å². The zero-order chi connectivity index (χ0) is 15.7. The predicted molar refractivity (Wildman–Crippen MR) is 79.6 cm³/mol. The highest BCUT2D eigenvalue weighted by Gasteiger charge is 2.40. The molecule has 3 rings (SSSR count). The number of rotatable bonds is 3. The molecule has 1 aromatic heterocycles. The molecule has 2 aromatic rings. The number of amides is 1. The van der Waals surface area contributed by atoms with Crippen molar-refractivity contribution in [3.8, 4) is 0 Å². The van der Waals surface area contributed by atoms with Gasteiger partial charge in [-0.15, -0.1) is 0 Å². The van der Waals surface area contributed by atoms with Gasteiger partial charge in [-0.1, -0.05) is 24.3 Å². The first-order valence-electron chi connectivity index (χ1n) is 7.01. The van der Waals surface area contributed by atoms with E-state index in [4.69, 9.17) is 4.74 Å². The Bertz CT molecular complexity index is 726. The van der Waals surface area contributed by atoms with E-state index in [0.29, 0.717) is 12.0 Å². The van der Waals surface area contributed by atoms with E-state index in [9.17, 15) is 14.7 Å². The highest BCUT2D eigenvalue weighted by atomic mass is 16.5. The Morgan fingerprint density at radius 3 is 2.82 bits per heavy atom. The minimum Gasteiger partial charge on any atom is -0.480 e. The summed E-state index contributed by atoms with van der Waals surface area (Å²) in [6.45, 7) is 0.273. The smallest absolute Gasteiger partial charge is 0.326 e. The third-order valence-corrected chi connectivity index (χ3v) is 4.04. The molecule has 1 amide bonds. The molecule has 6 heteroatoms. The lowest BCUT2D eigenvalue weighted by Crippen LogP contribution is -2.40. The van der Waals surface area contributed by atoms with Crippen LogP contribution in [0.4, 0.5) is 0 Å². The summed E-state index contributed by atoms with van der Waals surface area (Å²) >= 11 is 0. The Kier molecular flexibility index (Phi) is 3.77. The van der Waals surface area contributed by atoms with Gasteiger partial charge in [0.1, 0.15) is 6.04 Å². The van der Waals surface area contributed by atoms with Crippen LogP contribution in [0.2, 0.25) is 0 Å². The third-order valence-electron chi connectivity index (χ3n) is 4.04. The fraction of sp³-hybridized carbons (Fsp3) is 0.312. The minimum absolute atomic E-state index is 0.256. The lowest BCUT2D eigenvalue weighted by Gasteiger charge is -2.21. The molecule has 6 nitrogen and oxygen atoms in total. The van der Waals surface area contributed by atoms with E-state index >= 15 is 0 Å². The molecule has 114 valence electrons. The van der Waals surface area contributed by atoms with E-state index < -0.39 is 12.0 Å². The van der Waals surface area contributed by atoms with Gasteiger partial charge in [-0.25, -0.2) is 4.79 Å². The van der Waals surface area contributed by atoms with Crippen LogP contribution < -0.4 is 0 Å². The maximum Gasteiger partial charge on any atom is 0.326 e. The van der Waals surface area contributed by atoms with Gasteiger partial charge in [0.2, 0.25) is 0 Å². The van der Waals surface area contributed by atoms with Crippen LogP contribution in [0.15, 0.2) is 36.7 Å². The Hall–Kier alpha value is -2.47. The summed E-state index contributed by atoms with van der Waals surface area (Å²) in [5.74, 6) is -1.34. The number of aliphatic carboxylic acids is 1. The molecule has 2 unspecified atom stereocenters. The van der Waals surface area contributed by atoms with Crippen molar-refractivity contribution in [3.05, 3.63) is 42.2 Å². The van der Waals surface area contributed by atoms with Gasteiger partial charge < -0.3 is 14.7 Å². The van der Waals surface area contributed by atoms with Crippen molar-refractivity contribution in [3.63, 3.8) is 0 Å². The summed E-state index contributed by atoms with van der Waals surface area (Å²) in [6.07, 6.45) is 3.22. The molecule has 2 atom stereocenters. The van der Waals surface area contributed by atoms with Crippen LogP contribution in [0, 0.1) is 0 Å². The molecule has 1 N–H and O–H groups in total. The normalized spacial score (nSPS) is 21.2. The molecular formula is C16H16N2O4. The number of carboxylic acids is 1. The standard InChI is InChI=1S/C16H16N2O4/c1-22-11-6-14(16(20)21)18(9-11)15(19)13-8-17-7-10-4-2-3-5-12(10)13/h2-5,7-8,11,14H,6,9H2,1H3,(H,20,21). The summed E-state index contributed by atoms with van der Waals surface area (Å²) < 4.78 is 5.22.